The maximum Gasteiger partial charge on any atom is 0.472 e. The number of phosphoric ester groups is 1. The van der Waals surface area contributed by atoms with Gasteiger partial charge in [-0.05, 0) is 44.9 Å². The molecule has 8 nitrogen and oxygen atoms in total. The Labute approximate surface area is 474 Å². The van der Waals surface area contributed by atoms with Gasteiger partial charge in [-0.1, -0.05) is 321 Å². The van der Waals surface area contributed by atoms with Gasteiger partial charge in [0.25, 0.3) is 0 Å². The van der Waals surface area contributed by atoms with Gasteiger partial charge in [0.15, 0.2) is 0 Å². The zero-order chi connectivity index (χ0) is 55.6. The lowest BCUT2D eigenvalue weighted by Crippen LogP contribution is -2.45. The van der Waals surface area contributed by atoms with Gasteiger partial charge in [-0.2, -0.15) is 0 Å². The van der Waals surface area contributed by atoms with Crippen molar-refractivity contribution in [2.24, 2.45) is 0 Å². The molecule has 1 amide bonds. The summed E-state index contributed by atoms with van der Waals surface area (Å²) < 4.78 is 23.7. The summed E-state index contributed by atoms with van der Waals surface area (Å²) in [4.78, 5) is 23.3. The molecule has 9 heteroatoms. The van der Waals surface area contributed by atoms with Crippen LogP contribution in [0.2, 0.25) is 0 Å². The fourth-order valence-corrected chi connectivity index (χ4v) is 11.1. The van der Waals surface area contributed by atoms with Gasteiger partial charge in [-0.3, -0.25) is 13.8 Å². The van der Waals surface area contributed by atoms with Crippen molar-refractivity contribution < 1.29 is 32.9 Å². The third kappa shape index (κ3) is 60.6. The first-order chi connectivity index (χ1) is 37.0. The molecule has 0 aromatic carbocycles. The van der Waals surface area contributed by atoms with Crippen LogP contribution in [-0.2, 0) is 18.4 Å². The van der Waals surface area contributed by atoms with E-state index in [1.807, 2.05) is 27.2 Å². The number of carbonyl (C=O) groups is 1. The molecule has 0 heterocycles. The molecule has 0 aliphatic rings. The molecule has 0 aliphatic carbocycles. The van der Waals surface area contributed by atoms with Crippen LogP contribution in [-0.4, -0.2) is 73.4 Å². The van der Waals surface area contributed by atoms with Crippen molar-refractivity contribution >= 4 is 13.7 Å². The van der Waals surface area contributed by atoms with Crippen LogP contribution >= 0.6 is 7.82 Å². The second-order valence-corrected chi connectivity index (χ2v) is 26.0. The van der Waals surface area contributed by atoms with Gasteiger partial charge in [-0.15, -0.1) is 0 Å². The zero-order valence-electron chi connectivity index (χ0n) is 51.8. The molecule has 0 spiro atoms. The molecule has 3 atom stereocenters. The number of hydrogen-bond donors (Lipinski definition) is 3. The minimum atomic E-state index is -4.34. The Bertz CT molecular complexity index is 1290. The normalized spacial score (nSPS) is 13.8. The number of quaternary nitrogens is 1. The van der Waals surface area contributed by atoms with Crippen molar-refractivity contribution in [2.75, 3.05) is 40.9 Å². The van der Waals surface area contributed by atoms with E-state index in [0.717, 1.165) is 38.5 Å². The number of allylic oxidation sites excluding steroid dienone is 3. The highest BCUT2D eigenvalue weighted by atomic mass is 31.2. The molecule has 76 heavy (non-hydrogen) atoms. The minimum Gasteiger partial charge on any atom is -0.387 e. The number of aliphatic hydroxyl groups excluding tert-OH is 1. The number of unbranched alkanes of at least 4 members (excludes halogenated alkanes) is 48. The molecule has 0 saturated carbocycles. The van der Waals surface area contributed by atoms with E-state index >= 15 is 0 Å². The zero-order valence-corrected chi connectivity index (χ0v) is 52.7. The standard InChI is InChI=1S/C67H133N2O6P/c1-6-8-10-12-14-16-18-20-22-23-24-25-26-27-28-29-30-31-32-33-34-35-36-37-38-39-40-41-42-43-44-45-47-49-51-53-55-57-59-61-67(71)68-65(64-75-76(72,73)74-63-62-69(3,4)5)66(70)60-58-56-54-52-50-48-46-21-19-17-15-13-11-9-7-2/h23-24,58,60,65-66,70H,6-22,25-57,59,61-64H2,1-5H3,(H-,68,71,72,73)/p+1/b24-23-,60-58+. The Kier molecular flexibility index (Phi) is 57.8. The van der Waals surface area contributed by atoms with Gasteiger partial charge in [0.2, 0.25) is 5.91 Å². The molecule has 0 aromatic heterocycles. The Balaban J connectivity index is 3.86. The summed E-state index contributed by atoms with van der Waals surface area (Å²) in [6, 6.07) is -0.843. The van der Waals surface area contributed by atoms with Crippen molar-refractivity contribution in [3.05, 3.63) is 24.3 Å². The number of hydrogen-bond acceptors (Lipinski definition) is 5. The monoisotopic (exact) mass is 1090 g/mol. The number of phosphoric acid groups is 1. The van der Waals surface area contributed by atoms with E-state index in [4.69, 9.17) is 9.05 Å². The van der Waals surface area contributed by atoms with E-state index in [-0.39, 0.29) is 19.1 Å². The Morgan fingerprint density at radius 3 is 1.01 bits per heavy atom. The fraction of sp³-hybridized carbons (Fsp3) is 0.925. The van der Waals surface area contributed by atoms with Crippen LogP contribution in [0.1, 0.15) is 348 Å². The van der Waals surface area contributed by atoms with E-state index < -0.39 is 20.0 Å². The smallest absolute Gasteiger partial charge is 0.387 e. The van der Waals surface area contributed by atoms with E-state index in [1.54, 1.807) is 6.08 Å². The lowest BCUT2D eigenvalue weighted by Gasteiger charge is -2.25. The van der Waals surface area contributed by atoms with Gasteiger partial charge >= 0.3 is 7.82 Å². The maximum absolute atomic E-state index is 13.0. The number of likely N-dealkylation sites (N-methyl/N-ethyl adjacent to an activating group) is 1. The second kappa shape index (κ2) is 58.6. The highest BCUT2D eigenvalue weighted by molar-refractivity contribution is 7.47. The number of aliphatic hydroxyl groups is 1. The average Bonchev–Trinajstić information content (AvgIpc) is 3.38. The third-order valence-corrected chi connectivity index (χ3v) is 16.6. The molecule has 0 rings (SSSR count). The quantitative estimate of drug-likeness (QED) is 0.0243. The second-order valence-electron chi connectivity index (χ2n) is 24.6. The largest absolute Gasteiger partial charge is 0.472 e. The van der Waals surface area contributed by atoms with E-state index in [9.17, 15) is 19.4 Å². The molecule has 0 radical (unpaired) electrons. The first kappa shape index (κ1) is 75.0. The molecule has 0 aliphatic heterocycles. The minimum absolute atomic E-state index is 0.0645. The summed E-state index contributed by atoms with van der Waals surface area (Å²) in [5.41, 5.74) is 0. The van der Waals surface area contributed by atoms with Gasteiger partial charge in [-0.25, -0.2) is 4.57 Å². The van der Waals surface area contributed by atoms with E-state index in [2.05, 4.69) is 31.3 Å². The first-order valence-corrected chi connectivity index (χ1v) is 35.2. The summed E-state index contributed by atoms with van der Waals surface area (Å²) in [6.45, 7) is 4.86. The number of rotatable bonds is 63. The van der Waals surface area contributed by atoms with Crippen LogP contribution in [0.3, 0.4) is 0 Å². The van der Waals surface area contributed by atoms with Gasteiger partial charge in [0.05, 0.1) is 39.9 Å². The molecule has 0 fully saturated rings. The highest BCUT2D eigenvalue weighted by Gasteiger charge is 2.28. The summed E-state index contributed by atoms with van der Waals surface area (Å²) in [7, 11) is 1.59. The van der Waals surface area contributed by atoms with Gasteiger partial charge in [0.1, 0.15) is 13.2 Å². The molecule has 452 valence electrons. The number of amides is 1. The lowest BCUT2D eigenvalue weighted by atomic mass is 10.0. The van der Waals surface area contributed by atoms with Crippen molar-refractivity contribution in [3.63, 3.8) is 0 Å². The third-order valence-electron chi connectivity index (χ3n) is 15.7. The maximum atomic E-state index is 13.0. The first-order valence-electron chi connectivity index (χ1n) is 33.7. The summed E-state index contributed by atoms with van der Waals surface area (Å²) in [5.74, 6) is -0.170. The Morgan fingerprint density at radius 2 is 0.711 bits per heavy atom. The number of nitrogens with one attached hydrogen (secondary N) is 1. The molecule has 3 unspecified atom stereocenters. The SMILES string of the molecule is CCCCCCCCCC/C=C\CCCCCCCCCCCCCCCCCCCCCCCCCCCCCC(=O)NC(COP(=O)(O)OCC[N+](C)(C)C)C(O)/C=C/CCCCCCCCCCCCCCC. The van der Waals surface area contributed by atoms with E-state index in [1.165, 1.54) is 289 Å². The Hall–Kier alpha value is -1.02. The fourth-order valence-electron chi connectivity index (χ4n) is 10.4. The predicted molar refractivity (Wildman–Crippen MR) is 332 cm³/mol. The highest BCUT2D eigenvalue weighted by Crippen LogP contribution is 2.43. The molecular weight excluding hydrogens is 960 g/mol. The average molecular weight is 1090 g/mol. The van der Waals surface area contributed by atoms with Gasteiger partial charge in [0, 0.05) is 6.42 Å². The van der Waals surface area contributed by atoms with Gasteiger partial charge < -0.3 is 19.8 Å². The summed E-state index contributed by atoms with van der Waals surface area (Å²) >= 11 is 0. The molecule has 0 saturated heterocycles. The topological polar surface area (TPSA) is 105 Å². The van der Waals surface area contributed by atoms with Crippen molar-refractivity contribution in [3.8, 4) is 0 Å². The van der Waals surface area contributed by atoms with Crippen LogP contribution in [0.25, 0.3) is 0 Å². The lowest BCUT2D eigenvalue weighted by molar-refractivity contribution is -0.870. The van der Waals surface area contributed by atoms with Crippen LogP contribution in [0.15, 0.2) is 24.3 Å². The van der Waals surface area contributed by atoms with E-state index in [0.29, 0.717) is 17.4 Å². The van der Waals surface area contributed by atoms with Crippen molar-refractivity contribution in [1.29, 1.82) is 0 Å². The summed E-state index contributed by atoms with van der Waals surface area (Å²) in [6.07, 6.45) is 76.2. The van der Waals surface area contributed by atoms with Crippen LogP contribution in [0.5, 0.6) is 0 Å². The van der Waals surface area contributed by atoms with Crippen LogP contribution in [0.4, 0.5) is 0 Å². The Morgan fingerprint density at radius 1 is 0.434 bits per heavy atom. The number of nitrogens with zero attached hydrogens (tertiary/aromatic N) is 1. The molecule has 0 aromatic rings. The molecule has 0 bridgehead atoms. The van der Waals surface area contributed by atoms with Crippen LogP contribution < -0.4 is 5.32 Å². The van der Waals surface area contributed by atoms with Crippen molar-refractivity contribution in [1.82, 2.24) is 5.32 Å². The predicted octanol–water partition coefficient (Wildman–Crippen LogP) is 21.1. The molecule has 3 N–H and O–H groups in total. The van der Waals surface area contributed by atoms with Crippen LogP contribution in [0, 0.1) is 0 Å². The summed E-state index contributed by atoms with van der Waals surface area (Å²) in [5, 5.41) is 13.9. The molecular formula is C67H134N2O6P+. The van der Waals surface area contributed by atoms with Crippen molar-refractivity contribution in [2.45, 2.75) is 360 Å². The number of carbonyl (C=O) groups excluding carboxylic acids is 1.